The topological polar surface area (TPSA) is 103 Å². The van der Waals surface area contributed by atoms with E-state index in [0.717, 1.165) is 0 Å². The van der Waals surface area contributed by atoms with Crippen LogP contribution in [0.15, 0.2) is 69.2 Å². The Morgan fingerprint density at radius 3 is 2.50 bits per heavy atom. The number of halogens is 1. The van der Waals surface area contributed by atoms with E-state index in [4.69, 9.17) is 14.9 Å². The zero-order chi connectivity index (χ0) is 18.4. The van der Waals surface area contributed by atoms with Gasteiger partial charge in [0, 0.05) is 0 Å². The van der Waals surface area contributed by atoms with Crippen LogP contribution < -0.4 is 16.1 Å². The summed E-state index contributed by atoms with van der Waals surface area (Å²) in [5, 5.41) is 10.1. The van der Waals surface area contributed by atoms with Crippen LogP contribution in [0, 0.1) is 5.82 Å². The third-order valence-corrected chi connectivity index (χ3v) is 4.29. The second kappa shape index (κ2) is 5.73. The van der Waals surface area contributed by atoms with Gasteiger partial charge in [0.05, 0.1) is 16.9 Å². The van der Waals surface area contributed by atoms with Crippen molar-refractivity contribution in [3.05, 3.63) is 87.4 Å². The summed E-state index contributed by atoms with van der Waals surface area (Å²) < 4.78 is 24.2. The van der Waals surface area contributed by atoms with Crippen LogP contribution in [0.2, 0.25) is 0 Å². The number of hydrogen-bond donors (Lipinski definition) is 2. The molecule has 0 aliphatic carbocycles. The van der Waals surface area contributed by atoms with E-state index in [1.165, 1.54) is 24.3 Å². The molecule has 6 nitrogen and oxygen atoms in total. The third kappa shape index (κ3) is 2.33. The summed E-state index contributed by atoms with van der Waals surface area (Å²) in [5.41, 5.74) is 5.52. The quantitative estimate of drug-likeness (QED) is 0.687. The fourth-order valence-corrected chi connectivity index (χ4v) is 3.16. The van der Waals surface area contributed by atoms with E-state index in [2.05, 4.69) is 0 Å². The van der Waals surface area contributed by atoms with Gasteiger partial charge < -0.3 is 20.0 Å². The van der Waals surface area contributed by atoms with Crippen LogP contribution in [-0.2, 0) is 4.79 Å². The number of carboxylic acids is 1. The van der Waals surface area contributed by atoms with Crippen molar-refractivity contribution in [3.8, 4) is 5.75 Å². The molecule has 0 spiro atoms. The fourth-order valence-electron chi connectivity index (χ4n) is 3.16. The number of ether oxygens (including phenoxy) is 1. The van der Waals surface area contributed by atoms with Gasteiger partial charge in [-0.15, -0.1) is 0 Å². The number of hydrogen-bond acceptors (Lipinski definition) is 5. The summed E-state index contributed by atoms with van der Waals surface area (Å²) in [6.07, 6.45) is 0. The van der Waals surface area contributed by atoms with E-state index in [1.54, 1.807) is 24.3 Å². The SMILES string of the molecule is NC1=C(C(=O)O)C(c2ccc(F)cc2)c2c(c3ccccc3oc2=O)O1. The first-order chi connectivity index (χ1) is 12.5. The predicted molar refractivity (Wildman–Crippen MR) is 90.2 cm³/mol. The van der Waals surface area contributed by atoms with Gasteiger partial charge in [-0.25, -0.2) is 14.0 Å². The van der Waals surface area contributed by atoms with Gasteiger partial charge in [0.15, 0.2) is 5.75 Å². The molecule has 0 saturated heterocycles. The molecule has 130 valence electrons. The lowest BCUT2D eigenvalue weighted by Gasteiger charge is -2.27. The van der Waals surface area contributed by atoms with Gasteiger partial charge in [0.2, 0.25) is 5.88 Å². The lowest BCUT2D eigenvalue weighted by atomic mass is 9.83. The van der Waals surface area contributed by atoms with Crippen molar-refractivity contribution >= 4 is 16.9 Å². The largest absolute Gasteiger partial charge is 0.478 e. The predicted octanol–water partition coefficient (Wildman–Crippen LogP) is 2.71. The van der Waals surface area contributed by atoms with Crippen molar-refractivity contribution < 1.29 is 23.4 Å². The number of nitrogens with two attached hydrogens (primary N) is 1. The van der Waals surface area contributed by atoms with Crippen LogP contribution >= 0.6 is 0 Å². The molecule has 3 aromatic rings. The van der Waals surface area contributed by atoms with E-state index < -0.39 is 23.3 Å². The first-order valence-corrected chi connectivity index (χ1v) is 7.69. The van der Waals surface area contributed by atoms with Crippen LogP contribution in [0.25, 0.3) is 11.0 Å². The maximum absolute atomic E-state index is 13.3. The lowest BCUT2D eigenvalue weighted by molar-refractivity contribution is -0.133. The number of para-hydroxylation sites is 1. The summed E-state index contributed by atoms with van der Waals surface area (Å²) in [7, 11) is 0. The minimum Gasteiger partial charge on any atom is -0.478 e. The number of benzene rings is 2. The molecule has 1 atom stereocenters. The molecule has 0 amide bonds. The van der Waals surface area contributed by atoms with Crippen LogP contribution in [-0.4, -0.2) is 11.1 Å². The highest BCUT2D eigenvalue weighted by atomic mass is 19.1. The first kappa shape index (κ1) is 15.9. The number of aliphatic carboxylic acids is 1. The van der Waals surface area contributed by atoms with E-state index in [-0.39, 0.29) is 22.8 Å². The van der Waals surface area contributed by atoms with Crippen molar-refractivity contribution in [3.63, 3.8) is 0 Å². The summed E-state index contributed by atoms with van der Waals surface area (Å²) in [4.78, 5) is 24.4. The standard InChI is InChI=1S/C19H12FNO5/c20-10-7-5-9(6-8-10)13-14-16(26-17(21)15(13)18(22)23)11-3-1-2-4-12(11)25-19(14)24/h1-8,13H,21H2,(H,22,23). The van der Waals surface area contributed by atoms with E-state index in [1.807, 2.05) is 0 Å². The number of fused-ring (bicyclic) bond motifs is 3. The Labute approximate surface area is 145 Å². The third-order valence-electron chi connectivity index (χ3n) is 4.29. The second-order valence-electron chi connectivity index (χ2n) is 5.80. The minimum absolute atomic E-state index is 0.0157. The van der Waals surface area contributed by atoms with Crippen molar-refractivity contribution in [2.24, 2.45) is 5.73 Å². The van der Waals surface area contributed by atoms with Crippen molar-refractivity contribution in [1.82, 2.24) is 0 Å². The van der Waals surface area contributed by atoms with Crippen LogP contribution in [0.5, 0.6) is 5.75 Å². The molecule has 1 aromatic heterocycles. The van der Waals surface area contributed by atoms with Gasteiger partial charge in [-0.3, -0.25) is 0 Å². The Morgan fingerprint density at radius 1 is 1.12 bits per heavy atom. The average molecular weight is 353 g/mol. The molecule has 0 saturated carbocycles. The normalized spacial score (nSPS) is 16.3. The molecule has 3 N–H and O–H groups in total. The van der Waals surface area contributed by atoms with E-state index >= 15 is 0 Å². The van der Waals surface area contributed by atoms with Gasteiger partial charge in [0.25, 0.3) is 0 Å². The Bertz CT molecular complexity index is 1130. The average Bonchev–Trinajstić information content (AvgIpc) is 2.61. The number of carboxylic acid groups (broad SMARTS) is 1. The molecule has 1 unspecified atom stereocenters. The highest BCUT2D eigenvalue weighted by Gasteiger charge is 2.38. The maximum atomic E-state index is 13.3. The summed E-state index contributed by atoms with van der Waals surface area (Å²) in [6, 6.07) is 11.9. The van der Waals surface area contributed by atoms with E-state index in [0.29, 0.717) is 16.5 Å². The van der Waals surface area contributed by atoms with E-state index in [9.17, 15) is 19.1 Å². The molecule has 1 aliphatic heterocycles. The Morgan fingerprint density at radius 2 is 1.81 bits per heavy atom. The minimum atomic E-state index is -1.34. The molecule has 0 bridgehead atoms. The van der Waals surface area contributed by atoms with Gasteiger partial charge in [-0.2, -0.15) is 0 Å². The number of rotatable bonds is 2. The molecular formula is C19H12FNO5. The van der Waals surface area contributed by atoms with Gasteiger partial charge in [0.1, 0.15) is 17.0 Å². The van der Waals surface area contributed by atoms with Crippen LogP contribution in [0.4, 0.5) is 4.39 Å². The molecule has 0 radical (unpaired) electrons. The molecule has 0 fully saturated rings. The van der Waals surface area contributed by atoms with Crippen molar-refractivity contribution in [1.29, 1.82) is 0 Å². The Hall–Kier alpha value is -3.61. The summed E-state index contributed by atoms with van der Waals surface area (Å²) in [5.74, 6) is -3.04. The lowest BCUT2D eigenvalue weighted by Crippen LogP contribution is -2.30. The van der Waals surface area contributed by atoms with Crippen molar-refractivity contribution in [2.75, 3.05) is 0 Å². The van der Waals surface area contributed by atoms with Gasteiger partial charge in [-0.05, 0) is 29.8 Å². The summed E-state index contributed by atoms with van der Waals surface area (Å²) in [6.45, 7) is 0. The molecule has 1 aliphatic rings. The molecule has 26 heavy (non-hydrogen) atoms. The molecule has 4 rings (SSSR count). The molecule has 7 heteroatoms. The molecular weight excluding hydrogens is 341 g/mol. The molecule has 2 heterocycles. The molecule has 2 aromatic carbocycles. The highest BCUT2D eigenvalue weighted by Crippen LogP contribution is 2.43. The monoisotopic (exact) mass is 353 g/mol. The number of carbonyl (C=O) groups is 1. The smallest absolute Gasteiger partial charge is 0.344 e. The maximum Gasteiger partial charge on any atom is 0.344 e. The zero-order valence-electron chi connectivity index (χ0n) is 13.2. The van der Waals surface area contributed by atoms with Crippen LogP contribution in [0.3, 0.4) is 0 Å². The Balaban J connectivity index is 2.08. The summed E-state index contributed by atoms with van der Waals surface area (Å²) >= 11 is 0. The fraction of sp³-hybridized carbons (Fsp3) is 0.0526. The highest BCUT2D eigenvalue weighted by molar-refractivity contribution is 5.93. The van der Waals surface area contributed by atoms with Crippen LogP contribution in [0.1, 0.15) is 17.0 Å². The van der Waals surface area contributed by atoms with Gasteiger partial charge >= 0.3 is 11.6 Å². The first-order valence-electron chi connectivity index (χ1n) is 7.69. The second-order valence-corrected chi connectivity index (χ2v) is 5.80. The Kier molecular flexibility index (Phi) is 3.50. The van der Waals surface area contributed by atoms with Crippen molar-refractivity contribution in [2.45, 2.75) is 5.92 Å². The van der Waals surface area contributed by atoms with Gasteiger partial charge in [-0.1, -0.05) is 24.3 Å². The zero-order valence-corrected chi connectivity index (χ0v) is 13.2.